The van der Waals surface area contributed by atoms with Gasteiger partial charge in [0.1, 0.15) is 0 Å². The van der Waals surface area contributed by atoms with E-state index in [-0.39, 0.29) is 6.10 Å². The molecule has 0 aliphatic heterocycles. The maximum atomic E-state index is 9.16. The van der Waals surface area contributed by atoms with Crippen molar-refractivity contribution in [3.63, 3.8) is 0 Å². The minimum absolute atomic E-state index is 0.266. The number of rotatable bonds is 5. The summed E-state index contributed by atoms with van der Waals surface area (Å²) < 4.78 is 0. The summed E-state index contributed by atoms with van der Waals surface area (Å²) in [6.45, 7) is 3.34. The van der Waals surface area contributed by atoms with Gasteiger partial charge in [0.25, 0.3) is 0 Å². The zero-order chi connectivity index (χ0) is 10.7. The highest BCUT2D eigenvalue weighted by Gasteiger charge is 2.25. The first-order valence-corrected chi connectivity index (χ1v) is 5.74. The van der Waals surface area contributed by atoms with Crippen molar-refractivity contribution in [1.29, 1.82) is 0 Å². The third-order valence-corrected chi connectivity index (χ3v) is 2.83. The average molecular weight is 205 g/mol. The molecule has 1 atom stereocenters. The fraction of sp³-hybridized carbons (Fsp3) is 0.538. The lowest BCUT2D eigenvalue weighted by Crippen LogP contribution is -2.24. The van der Waals surface area contributed by atoms with Crippen molar-refractivity contribution in [3.05, 3.63) is 35.4 Å². The SMILES string of the molecule is C[C@H](O)CNCc1ccccc1C1CC1. The number of nitrogens with one attached hydrogen (secondary N) is 1. The van der Waals surface area contributed by atoms with E-state index in [2.05, 4.69) is 29.6 Å². The Morgan fingerprint density at radius 3 is 2.80 bits per heavy atom. The van der Waals surface area contributed by atoms with E-state index in [0.717, 1.165) is 12.5 Å². The summed E-state index contributed by atoms with van der Waals surface area (Å²) in [5.74, 6) is 0.801. The van der Waals surface area contributed by atoms with Crippen LogP contribution < -0.4 is 5.32 Å². The molecule has 1 aromatic rings. The average Bonchev–Trinajstić information content (AvgIpc) is 3.01. The Hall–Kier alpha value is -0.860. The normalized spacial score (nSPS) is 17.7. The summed E-state index contributed by atoms with van der Waals surface area (Å²) in [6.07, 6.45) is 2.42. The van der Waals surface area contributed by atoms with Gasteiger partial charge < -0.3 is 10.4 Å². The van der Waals surface area contributed by atoms with Gasteiger partial charge in [0, 0.05) is 13.1 Å². The summed E-state index contributed by atoms with van der Waals surface area (Å²) in [4.78, 5) is 0. The summed E-state index contributed by atoms with van der Waals surface area (Å²) in [7, 11) is 0. The van der Waals surface area contributed by atoms with Gasteiger partial charge in [-0.15, -0.1) is 0 Å². The Kier molecular flexibility index (Phi) is 3.39. The first kappa shape index (κ1) is 10.7. The van der Waals surface area contributed by atoms with Crippen LogP contribution in [0.4, 0.5) is 0 Å². The molecule has 0 heterocycles. The molecule has 1 saturated carbocycles. The van der Waals surface area contributed by atoms with E-state index in [0.29, 0.717) is 6.54 Å². The number of benzene rings is 1. The van der Waals surface area contributed by atoms with Crippen LogP contribution in [0.3, 0.4) is 0 Å². The Labute approximate surface area is 91.3 Å². The monoisotopic (exact) mass is 205 g/mol. The lowest BCUT2D eigenvalue weighted by molar-refractivity contribution is 0.191. The van der Waals surface area contributed by atoms with Crippen molar-refractivity contribution in [2.75, 3.05) is 6.54 Å². The molecule has 2 N–H and O–H groups in total. The molecule has 0 aromatic heterocycles. The molecule has 0 bridgehead atoms. The number of hydrogen-bond acceptors (Lipinski definition) is 2. The Morgan fingerprint density at radius 1 is 1.40 bits per heavy atom. The molecule has 0 spiro atoms. The summed E-state index contributed by atoms with van der Waals surface area (Å²) in [5.41, 5.74) is 2.89. The zero-order valence-electron chi connectivity index (χ0n) is 9.24. The lowest BCUT2D eigenvalue weighted by atomic mass is 10.0. The standard InChI is InChI=1S/C13H19NO/c1-10(15)8-14-9-12-4-2-3-5-13(12)11-6-7-11/h2-5,10-11,14-15H,6-9H2,1H3/t10-/m0/s1. The predicted molar refractivity (Wildman–Crippen MR) is 61.8 cm³/mol. The molecule has 2 rings (SSSR count). The van der Waals surface area contributed by atoms with Crippen molar-refractivity contribution in [2.24, 2.45) is 0 Å². The van der Waals surface area contributed by atoms with Gasteiger partial charge >= 0.3 is 0 Å². The second-order valence-electron chi connectivity index (χ2n) is 4.45. The van der Waals surface area contributed by atoms with Crippen LogP contribution in [0.5, 0.6) is 0 Å². The minimum Gasteiger partial charge on any atom is -0.392 e. The Balaban J connectivity index is 1.94. The molecule has 0 radical (unpaired) electrons. The molecule has 0 saturated heterocycles. The van der Waals surface area contributed by atoms with Gasteiger partial charge in [0.05, 0.1) is 6.10 Å². The summed E-state index contributed by atoms with van der Waals surface area (Å²) >= 11 is 0. The largest absolute Gasteiger partial charge is 0.392 e. The first-order chi connectivity index (χ1) is 7.27. The fourth-order valence-corrected chi connectivity index (χ4v) is 1.90. The third-order valence-electron chi connectivity index (χ3n) is 2.83. The van der Waals surface area contributed by atoms with Gasteiger partial charge in [-0.25, -0.2) is 0 Å². The van der Waals surface area contributed by atoms with E-state index < -0.39 is 0 Å². The van der Waals surface area contributed by atoms with Crippen molar-refractivity contribution in [1.82, 2.24) is 5.32 Å². The van der Waals surface area contributed by atoms with Crippen LogP contribution >= 0.6 is 0 Å². The Bertz CT molecular complexity index is 318. The molecule has 1 aromatic carbocycles. The van der Waals surface area contributed by atoms with Crippen LogP contribution in [0.2, 0.25) is 0 Å². The molecule has 1 aliphatic rings. The van der Waals surface area contributed by atoms with E-state index in [1.165, 1.54) is 24.0 Å². The molecule has 2 nitrogen and oxygen atoms in total. The van der Waals surface area contributed by atoms with Crippen LogP contribution in [0.1, 0.15) is 36.8 Å². The van der Waals surface area contributed by atoms with E-state index in [1.807, 2.05) is 0 Å². The van der Waals surface area contributed by atoms with Gasteiger partial charge in [-0.05, 0) is 36.8 Å². The van der Waals surface area contributed by atoms with Gasteiger partial charge in [-0.1, -0.05) is 24.3 Å². The van der Waals surface area contributed by atoms with Crippen molar-refractivity contribution >= 4 is 0 Å². The van der Waals surface area contributed by atoms with Gasteiger partial charge in [0.2, 0.25) is 0 Å². The Morgan fingerprint density at radius 2 is 2.13 bits per heavy atom. The number of hydrogen-bond donors (Lipinski definition) is 2. The highest BCUT2D eigenvalue weighted by atomic mass is 16.3. The van der Waals surface area contributed by atoms with Crippen LogP contribution in [0.25, 0.3) is 0 Å². The third kappa shape index (κ3) is 3.05. The summed E-state index contributed by atoms with van der Waals surface area (Å²) in [6, 6.07) is 8.62. The topological polar surface area (TPSA) is 32.3 Å². The molecule has 82 valence electrons. The van der Waals surface area contributed by atoms with Crippen molar-refractivity contribution in [2.45, 2.75) is 38.3 Å². The quantitative estimate of drug-likeness (QED) is 0.771. The van der Waals surface area contributed by atoms with E-state index in [4.69, 9.17) is 5.11 Å². The van der Waals surface area contributed by atoms with Crippen LogP contribution in [-0.4, -0.2) is 17.8 Å². The number of aliphatic hydroxyl groups excluding tert-OH is 1. The first-order valence-electron chi connectivity index (χ1n) is 5.74. The minimum atomic E-state index is -0.266. The second kappa shape index (κ2) is 4.77. The molecule has 1 fully saturated rings. The zero-order valence-corrected chi connectivity index (χ0v) is 9.24. The highest BCUT2D eigenvalue weighted by Crippen LogP contribution is 2.41. The van der Waals surface area contributed by atoms with Crippen molar-refractivity contribution < 1.29 is 5.11 Å². The van der Waals surface area contributed by atoms with Crippen LogP contribution in [-0.2, 0) is 6.54 Å². The molecule has 0 amide bonds. The smallest absolute Gasteiger partial charge is 0.0636 e. The van der Waals surface area contributed by atoms with Crippen LogP contribution in [0.15, 0.2) is 24.3 Å². The maximum absolute atomic E-state index is 9.16. The van der Waals surface area contributed by atoms with Crippen molar-refractivity contribution in [3.8, 4) is 0 Å². The van der Waals surface area contributed by atoms with Gasteiger partial charge in [0.15, 0.2) is 0 Å². The summed E-state index contributed by atoms with van der Waals surface area (Å²) in [5, 5.41) is 12.4. The highest BCUT2D eigenvalue weighted by molar-refractivity contribution is 5.33. The molecular formula is C13H19NO. The van der Waals surface area contributed by atoms with Gasteiger partial charge in [-0.3, -0.25) is 0 Å². The fourth-order valence-electron chi connectivity index (χ4n) is 1.90. The van der Waals surface area contributed by atoms with E-state index >= 15 is 0 Å². The molecule has 1 aliphatic carbocycles. The maximum Gasteiger partial charge on any atom is 0.0636 e. The lowest BCUT2D eigenvalue weighted by Gasteiger charge is -2.10. The molecular weight excluding hydrogens is 186 g/mol. The van der Waals surface area contributed by atoms with E-state index in [1.54, 1.807) is 6.92 Å². The molecule has 0 unspecified atom stereocenters. The number of aliphatic hydroxyl groups is 1. The van der Waals surface area contributed by atoms with Crippen LogP contribution in [0, 0.1) is 0 Å². The molecule has 2 heteroatoms. The predicted octanol–water partition coefficient (Wildman–Crippen LogP) is 2.03. The van der Waals surface area contributed by atoms with Gasteiger partial charge in [-0.2, -0.15) is 0 Å². The van der Waals surface area contributed by atoms with E-state index in [9.17, 15) is 0 Å². The molecule has 15 heavy (non-hydrogen) atoms. The second-order valence-corrected chi connectivity index (χ2v) is 4.45.